The van der Waals surface area contributed by atoms with Crippen molar-refractivity contribution in [2.45, 2.75) is 225 Å². The molecule has 1 saturated carbocycles. The van der Waals surface area contributed by atoms with Gasteiger partial charge in [-0.1, -0.05) is 160 Å². The second-order valence-corrected chi connectivity index (χ2v) is 34.3. The summed E-state index contributed by atoms with van der Waals surface area (Å²) in [5.74, 6) is 4.15. The van der Waals surface area contributed by atoms with Gasteiger partial charge in [-0.2, -0.15) is 11.8 Å². The molecule has 7 fully saturated rings. The summed E-state index contributed by atoms with van der Waals surface area (Å²) in [4.78, 5) is 96.8. The highest BCUT2D eigenvalue weighted by Crippen LogP contribution is 2.23. The zero-order chi connectivity index (χ0) is 82.1. The summed E-state index contributed by atoms with van der Waals surface area (Å²) in [6.45, 7) is 59.0. The number of benzene rings is 1. The van der Waals surface area contributed by atoms with Crippen LogP contribution in [-0.4, -0.2) is 309 Å². The van der Waals surface area contributed by atoms with Crippen LogP contribution in [0, 0.1) is 41.4 Å². The summed E-state index contributed by atoms with van der Waals surface area (Å²) in [5.41, 5.74) is 1.29. The predicted molar refractivity (Wildman–Crippen MR) is 458 cm³/mol. The molecular formula is C86H164N14O10S. The first kappa shape index (κ1) is 103. The van der Waals surface area contributed by atoms with Crippen LogP contribution in [0.25, 0.3) is 0 Å². The van der Waals surface area contributed by atoms with Gasteiger partial charge >= 0.3 is 0 Å². The average molecular weight is 1590 g/mol. The van der Waals surface area contributed by atoms with Gasteiger partial charge in [-0.15, -0.1) is 0 Å². The SMILES string of the molecule is CC(C)C(=O)NC(Cc1ccccc1)CN1CCCC1.CC(C)C(=O)NCCCN1CCOCC1.CC(C)C(=O)NCCN(C)C1CCOCC1.CC(C)C(=O)NCCN1CCCCC1C.CC(C)C(=O)NCCN1CCOCC1.CC(C)C(=O)NCCN1CCSCC1.CCN(CCNC(=O)C(C)C)C1CCCCC1. The summed E-state index contributed by atoms with van der Waals surface area (Å²) < 4.78 is 15.8. The van der Waals surface area contributed by atoms with Crippen molar-refractivity contribution in [1.82, 2.24) is 71.5 Å². The standard InChI is InChI=1S/C17H26N2O.C14H28N2O.C12H24N2O2.C12H24N2O.C11H22N2O2.C10H20N2O2.C10H20N2OS/c1-14(2)17(20)18-16(13-19-10-6-7-11-19)12-15-8-4-3-5-9-15;1-4-16(13-8-6-5-7-9-13)11-10-15-14(17)12(2)3;1-10(2)12(15)13-6-7-14(3)11-4-8-16-9-5-11;1-10(2)12(15)13-7-9-14-8-5-4-6-11(14)3;1-10(2)11(14)12-4-3-5-13-6-8-15-9-7-13;2*1-9(2)10(13)11-3-4-12-5-7-14-8-6-12/h3-5,8-9,14,16H,6-7,10-13H2,1-2H3,(H,18,20);12-13H,4-11H2,1-3H3,(H,15,17);10-11H,4-9H2,1-3H3,(H,13,15);10-11H,4-9H2,1-3H3,(H,13,15);10H,3-9H2,1-2H3,(H,12,14);2*9H,3-8H2,1-2H3,(H,11,13). The van der Waals surface area contributed by atoms with Gasteiger partial charge < -0.3 is 61.2 Å². The van der Waals surface area contributed by atoms with Crippen molar-refractivity contribution in [2.24, 2.45) is 41.4 Å². The van der Waals surface area contributed by atoms with E-state index in [1.54, 1.807) is 0 Å². The van der Waals surface area contributed by atoms with Gasteiger partial charge in [0.1, 0.15) is 0 Å². The summed E-state index contributed by atoms with van der Waals surface area (Å²) in [7, 11) is 2.12. The smallest absolute Gasteiger partial charge is 0.222 e. The van der Waals surface area contributed by atoms with Crippen molar-refractivity contribution in [3.8, 4) is 0 Å². The number of carbonyl (C=O) groups excluding carboxylic acids is 7. The summed E-state index contributed by atoms with van der Waals surface area (Å²) in [6, 6.07) is 12.7. The molecule has 0 radical (unpaired) electrons. The Labute approximate surface area is 679 Å². The number of morpholine rings is 2. The normalized spacial score (nSPS) is 18.7. The van der Waals surface area contributed by atoms with Gasteiger partial charge in [0.25, 0.3) is 0 Å². The Balaban J connectivity index is 0.000000441. The van der Waals surface area contributed by atoms with Gasteiger partial charge in [0, 0.05) is 208 Å². The molecule has 7 amide bonds. The zero-order valence-electron chi connectivity index (χ0n) is 73.2. The van der Waals surface area contributed by atoms with E-state index in [0.29, 0.717) is 12.1 Å². The minimum atomic E-state index is 0.0480. The molecule has 2 atom stereocenters. The molecule has 7 N–H and O–H groups in total. The topological polar surface area (TPSA) is 254 Å². The van der Waals surface area contributed by atoms with Crippen LogP contribution in [-0.2, 0) is 54.2 Å². The van der Waals surface area contributed by atoms with Crippen molar-refractivity contribution >= 4 is 53.1 Å². The van der Waals surface area contributed by atoms with Crippen LogP contribution >= 0.6 is 11.8 Å². The van der Waals surface area contributed by atoms with E-state index in [9.17, 15) is 33.6 Å². The van der Waals surface area contributed by atoms with Gasteiger partial charge in [0.2, 0.25) is 41.4 Å². The number of thioether (sulfide) groups is 1. The zero-order valence-corrected chi connectivity index (χ0v) is 74.0. The number of amides is 7. The maximum Gasteiger partial charge on any atom is 0.222 e. The molecule has 111 heavy (non-hydrogen) atoms. The maximum atomic E-state index is 12.0. The third-order valence-electron chi connectivity index (χ3n) is 21.1. The van der Waals surface area contributed by atoms with Gasteiger partial charge in [0.15, 0.2) is 0 Å². The lowest BCUT2D eigenvalue weighted by atomic mass is 9.94. The van der Waals surface area contributed by atoms with E-state index in [0.717, 1.165) is 189 Å². The van der Waals surface area contributed by atoms with E-state index in [-0.39, 0.29) is 88.8 Å². The molecule has 1 aromatic carbocycles. The van der Waals surface area contributed by atoms with Crippen LogP contribution in [0.1, 0.15) is 200 Å². The minimum Gasteiger partial charge on any atom is -0.381 e. The molecule has 8 rings (SSSR count). The van der Waals surface area contributed by atoms with E-state index in [4.69, 9.17) is 14.2 Å². The molecule has 1 aromatic rings. The monoisotopic (exact) mass is 1590 g/mol. The predicted octanol–water partition coefficient (Wildman–Crippen LogP) is 8.76. The van der Waals surface area contributed by atoms with E-state index in [1.807, 2.05) is 115 Å². The molecule has 7 aliphatic rings. The van der Waals surface area contributed by atoms with Crippen molar-refractivity contribution in [1.29, 1.82) is 0 Å². The number of likely N-dealkylation sites (tertiary alicyclic amines) is 2. The fraction of sp³-hybridized carbons (Fsp3) is 0.849. The Bertz CT molecular complexity index is 2500. The molecular weight excluding hydrogens is 1420 g/mol. The van der Waals surface area contributed by atoms with E-state index in [2.05, 4.69) is 117 Å². The molecule has 0 aromatic heterocycles. The second-order valence-electron chi connectivity index (χ2n) is 33.1. The molecule has 2 unspecified atom stereocenters. The lowest BCUT2D eigenvalue weighted by molar-refractivity contribution is -0.125. The van der Waals surface area contributed by atoms with Crippen molar-refractivity contribution in [2.75, 3.05) is 209 Å². The third-order valence-corrected chi connectivity index (χ3v) is 22.1. The van der Waals surface area contributed by atoms with Crippen LogP contribution in [0.5, 0.6) is 0 Å². The highest BCUT2D eigenvalue weighted by molar-refractivity contribution is 7.99. The molecule has 644 valence electrons. The van der Waals surface area contributed by atoms with Gasteiger partial charge in [-0.05, 0) is 116 Å². The first-order chi connectivity index (χ1) is 53.1. The fourth-order valence-electron chi connectivity index (χ4n) is 13.4. The second kappa shape index (κ2) is 63.7. The molecule has 6 heterocycles. The fourth-order valence-corrected chi connectivity index (χ4v) is 14.4. The molecule has 6 saturated heterocycles. The van der Waals surface area contributed by atoms with E-state index < -0.39 is 0 Å². The number of ether oxygens (including phenoxy) is 3. The Morgan fingerprint density at radius 3 is 1.29 bits per heavy atom. The van der Waals surface area contributed by atoms with Crippen LogP contribution in [0.4, 0.5) is 0 Å². The third kappa shape index (κ3) is 51.2. The van der Waals surface area contributed by atoms with Crippen molar-refractivity contribution in [3.05, 3.63) is 35.9 Å². The Morgan fingerprint density at radius 2 is 0.829 bits per heavy atom. The number of likely N-dealkylation sites (N-methyl/N-ethyl adjacent to an activating group) is 2. The number of rotatable bonds is 34. The number of hydrogen-bond donors (Lipinski definition) is 7. The minimum absolute atomic E-state index is 0.0480. The number of nitrogens with one attached hydrogen (secondary N) is 7. The largest absolute Gasteiger partial charge is 0.381 e. The van der Waals surface area contributed by atoms with E-state index >= 15 is 0 Å². The van der Waals surface area contributed by atoms with Crippen LogP contribution in [0.15, 0.2) is 30.3 Å². The number of carbonyl (C=O) groups is 7. The van der Waals surface area contributed by atoms with E-state index in [1.165, 1.54) is 114 Å². The number of hydrogen-bond acceptors (Lipinski definition) is 18. The highest BCUT2D eigenvalue weighted by Gasteiger charge is 2.25. The molecule has 25 heteroatoms. The summed E-state index contributed by atoms with van der Waals surface area (Å²) in [5, 5.41) is 20.9. The van der Waals surface area contributed by atoms with Crippen LogP contribution in [0.2, 0.25) is 0 Å². The lowest BCUT2D eigenvalue weighted by Gasteiger charge is -2.33. The molecule has 0 spiro atoms. The van der Waals surface area contributed by atoms with Crippen LogP contribution in [0.3, 0.4) is 0 Å². The highest BCUT2D eigenvalue weighted by atomic mass is 32.2. The Hall–Kier alpha value is -4.54. The quantitative estimate of drug-likeness (QED) is 0.0318. The summed E-state index contributed by atoms with van der Waals surface area (Å²) >= 11 is 2.01. The Morgan fingerprint density at radius 1 is 0.423 bits per heavy atom. The summed E-state index contributed by atoms with van der Waals surface area (Å²) in [6.07, 6.45) is 17.5. The maximum absolute atomic E-state index is 12.0. The first-order valence-electron chi connectivity index (χ1n) is 43.5. The van der Waals surface area contributed by atoms with Gasteiger partial charge in [0.05, 0.1) is 26.4 Å². The molecule has 1 aliphatic carbocycles. The van der Waals surface area contributed by atoms with Crippen molar-refractivity contribution < 1.29 is 47.8 Å². The van der Waals surface area contributed by atoms with Crippen LogP contribution < -0.4 is 37.2 Å². The van der Waals surface area contributed by atoms with Gasteiger partial charge in [-0.25, -0.2) is 0 Å². The Kier molecular flexibility index (Phi) is 58.8. The lowest BCUT2D eigenvalue weighted by Crippen LogP contribution is -2.45. The number of piperidine rings is 1. The number of nitrogens with zero attached hydrogens (tertiary/aromatic N) is 7. The molecule has 0 bridgehead atoms. The molecule has 6 aliphatic heterocycles. The average Bonchev–Trinajstić information content (AvgIpc) is 1.89. The van der Waals surface area contributed by atoms with Gasteiger partial charge in [-0.3, -0.25) is 58.1 Å². The first-order valence-corrected chi connectivity index (χ1v) is 44.7. The molecule has 24 nitrogen and oxygen atoms in total. The van der Waals surface area contributed by atoms with Crippen molar-refractivity contribution in [3.63, 3.8) is 0 Å².